The van der Waals surface area contributed by atoms with Crippen molar-refractivity contribution in [2.45, 2.75) is 0 Å². The van der Waals surface area contributed by atoms with Crippen molar-refractivity contribution in [2.24, 2.45) is 0 Å². The Morgan fingerprint density at radius 1 is 0.774 bits per heavy atom. The van der Waals surface area contributed by atoms with Crippen LogP contribution in [0.1, 0.15) is 5.82 Å². The highest BCUT2D eigenvalue weighted by Gasteiger charge is 2.17. The van der Waals surface area contributed by atoms with E-state index < -0.39 is 0 Å². The first-order chi connectivity index (χ1) is 15.2. The number of nitriles is 1. The second-order valence-corrected chi connectivity index (χ2v) is 6.72. The van der Waals surface area contributed by atoms with Crippen molar-refractivity contribution in [3.8, 4) is 23.4 Å². The summed E-state index contributed by atoms with van der Waals surface area (Å²) in [7, 11) is 0. The molecule has 2 heterocycles. The van der Waals surface area contributed by atoms with Crippen molar-refractivity contribution in [1.29, 1.82) is 5.26 Å². The molecule has 5 aromatic rings. The second kappa shape index (κ2) is 7.08. The Bertz CT molecular complexity index is 1540. The molecule has 142 valence electrons. The van der Waals surface area contributed by atoms with Gasteiger partial charge in [-0.25, -0.2) is 9.69 Å². The molecule has 5 rings (SSSR count). The number of rotatable bonds is 2. The lowest BCUT2D eigenvalue weighted by Crippen LogP contribution is -2.06. The number of fused-ring (bicyclic) bond motifs is 3. The zero-order valence-corrected chi connectivity index (χ0v) is 16.0. The van der Waals surface area contributed by atoms with E-state index in [-0.39, 0.29) is 5.82 Å². The molecule has 0 saturated heterocycles. The molecule has 2 aromatic heterocycles. The Kier molecular flexibility index (Phi) is 4.11. The van der Waals surface area contributed by atoms with Crippen LogP contribution in [0, 0.1) is 24.5 Å². The molecule has 0 bridgehead atoms. The van der Waals surface area contributed by atoms with Gasteiger partial charge in [-0.1, -0.05) is 42.5 Å². The minimum atomic E-state index is 0.00871. The lowest BCUT2D eigenvalue weighted by Gasteiger charge is -2.08. The summed E-state index contributed by atoms with van der Waals surface area (Å²) < 4.78 is 1.83. The molecular formula is C24H11N7. The Morgan fingerprint density at radius 2 is 1.39 bits per heavy atom. The van der Waals surface area contributed by atoms with Crippen LogP contribution in [0.4, 0.5) is 11.4 Å². The number of hydrogen-bond donors (Lipinski definition) is 0. The predicted molar refractivity (Wildman–Crippen MR) is 117 cm³/mol. The molecule has 7 nitrogen and oxygen atoms in total. The van der Waals surface area contributed by atoms with Gasteiger partial charge in [0.2, 0.25) is 11.8 Å². The van der Waals surface area contributed by atoms with E-state index in [2.05, 4.69) is 24.6 Å². The summed E-state index contributed by atoms with van der Waals surface area (Å²) in [5, 5.41) is 11.1. The number of benzene rings is 3. The van der Waals surface area contributed by atoms with Gasteiger partial charge in [-0.05, 0) is 35.0 Å². The van der Waals surface area contributed by atoms with Gasteiger partial charge in [0.25, 0.3) is 0 Å². The standard InChI is InChI=1S/C24H11N7/c1-26-16-8-10-20-18(12-16)19-13-17(27-2)9-11-21(19)31(20)24-29-22(14-25)28-23(30-24)15-6-4-3-5-7-15/h3-13H. The zero-order valence-electron chi connectivity index (χ0n) is 16.0. The second-order valence-electron chi connectivity index (χ2n) is 6.72. The molecule has 0 spiro atoms. The molecule has 31 heavy (non-hydrogen) atoms. The highest BCUT2D eigenvalue weighted by Crippen LogP contribution is 2.35. The fourth-order valence-corrected chi connectivity index (χ4v) is 3.58. The smallest absolute Gasteiger partial charge is 0.239 e. The van der Waals surface area contributed by atoms with Crippen molar-refractivity contribution in [3.63, 3.8) is 0 Å². The summed E-state index contributed by atoms with van der Waals surface area (Å²) in [6, 6.07) is 22.1. The average Bonchev–Trinajstić information content (AvgIpc) is 3.17. The molecule has 0 N–H and O–H groups in total. The summed E-state index contributed by atoms with van der Waals surface area (Å²) in [6.45, 7) is 14.7. The first kappa shape index (κ1) is 18.0. The van der Waals surface area contributed by atoms with Crippen molar-refractivity contribution < 1.29 is 0 Å². The summed E-state index contributed by atoms with van der Waals surface area (Å²) in [6.07, 6.45) is 0. The van der Waals surface area contributed by atoms with Crippen LogP contribution in [-0.4, -0.2) is 19.5 Å². The van der Waals surface area contributed by atoms with E-state index >= 15 is 0 Å². The maximum absolute atomic E-state index is 9.52. The van der Waals surface area contributed by atoms with E-state index in [0.29, 0.717) is 23.1 Å². The maximum Gasteiger partial charge on any atom is 0.239 e. The Labute approximate surface area is 177 Å². The van der Waals surface area contributed by atoms with Crippen LogP contribution in [0.5, 0.6) is 0 Å². The molecule has 7 heteroatoms. The van der Waals surface area contributed by atoms with Crippen LogP contribution in [0.2, 0.25) is 0 Å². The van der Waals surface area contributed by atoms with Crippen LogP contribution in [0.25, 0.3) is 48.8 Å². The van der Waals surface area contributed by atoms with Gasteiger partial charge in [0, 0.05) is 5.56 Å². The quantitative estimate of drug-likeness (QED) is 0.363. The fourth-order valence-electron chi connectivity index (χ4n) is 3.58. The number of hydrogen-bond acceptors (Lipinski definition) is 4. The van der Waals surface area contributed by atoms with Crippen LogP contribution in [0.15, 0.2) is 66.7 Å². The monoisotopic (exact) mass is 397 g/mol. The topological polar surface area (TPSA) is 76.1 Å². The largest absolute Gasteiger partial charge is 0.278 e. The van der Waals surface area contributed by atoms with Gasteiger partial charge in [-0.15, -0.1) is 0 Å². The molecule has 0 saturated carbocycles. The molecule has 0 unspecified atom stereocenters. The third-order valence-corrected chi connectivity index (χ3v) is 4.95. The first-order valence-corrected chi connectivity index (χ1v) is 9.27. The first-order valence-electron chi connectivity index (χ1n) is 9.27. The molecule has 0 radical (unpaired) electrons. The van der Waals surface area contributed by atoms with Crippen LogP contribution in [0.3, 0.4) is 0 Å². The van der Waals surface area contributed by atoms with Gasteiger partial charge in [0.05, 0.1) is 24.2 Å². The lowest BCUT2D eigenvalue weighted by molar-refractivity contribution is 0.930. The molecule has 0 fully saturated rings. The van der Waals surface area contributed by atoms with Gasteiger partial charge in [-0.3, -0.25) is 4.57 Å². The third kappa shape index (κ3) is 2.93. The average molecular weight is 397 g/mol. The van der Waals surface area contributed by atoms with Gasteiger partial charge in [0.1, 0.15) is 6.07 Å². The predicted octanol–water partition coefficient (Wildman–Crippen LogP) is 5.61. The van der Waals surface area contributed by atoms with Gasteiger partial charge in [0.15, 0.2) is 17.2 Å². The zero-order chi connectivity index (χ0) is 21.4. The van der Waals surface area contributed by atoms with E-state index in [4.69, 9.17) is 13.1 Å². The molecular weight excluding hydrogens is 386 g/mol. The highest BCUT2D eigenvalue weighted by molar-refractivity contribution is 6.11. The van der Waals surface area contributed by atoms with Crippen LogP contribution < -0.4 is 0 Å². The molecule has 0 atom stereocenters. The maximum atomic E-state index is 9.52. The SMILES string of the molecule is [C-]#[N+]c1ccc2c(c1)c1cc([N+]#[C-])ccc1n2-c1nc(C#N)nc(-c2ccccc2)n1. The Balaban J connectivity index is 1.88. The third-order valence-electron chi connectivity index (χ3n) is 4.95. The Hall–Kier alpha value is -5.06. The minimum Gasteiger partial charge on any atom is -0.278 e. The van der Waals surface area contributed by atoms with E-state index in [1.165, 1.54) is 0 Å². The van der Waals surface area contributed by atoms with Crippen molar-refractivity contribution in [2.75, 3.05) is 0 Å². The van der Waals surface area contributed by atoms with Crippen LogP contribution >= 0.6 is 0 Å². The number of aromatic nitrogens is 4. The highest BCUT2D eigenvalue weighted by atomic mass is 15.2. The summed E-state index contributed by atoms with van der Waals surface area (Å²) in [5.41, 5.74) is 3.32. The summed E-state index contributed by atoms with van der Waals surface area (Å²) in [5.74, 6) is 0.707. The molecule has 0 amide bonds. The van der Waals surface area contributed by atoms with E-state index in [9.17, 15) is 5.26 Å². The Morgan fingerprint density at radius 3 is 1.94 bits per heavy atom. The van der Waals surface area contributed by atoms with E-state index in [1.54, 1.807) is 24.3 Å². The van der Waals surface area contributed by atoms with E-state index in [0.717, 1.165) is 27.4 Å². The molecule has 0 aliphatic heterocycles. The molecule has 3 aromatic carbocycles. The minimum absolute atomic E-state index is 0.00871. The molecule has 0 aliphatic carbocycles. The van der Waals surface area contributed by atoms with Crippen LogP contribution in [-0.2, 0) is 0 Å². The van der Waals surface area contributed by atoms with Gasteiger partial charge >= 0.3 is 0 Å². The summed E-state index contributed by atoms with van der Waals surface area (Å²) in [4.78, 5) is 20.3. The van der Waals surface area contributed by atoms with Gasteiger partial charge in [-0.2, -0.15) is 20.2 Å². The summed E-state index contributed by atoms with van der Waals surface area (Å²) >= 11 is 0. The van der Waals surface area contributed by atoms with Gasteiger partial charge < -0.3 is 0 Å². The van der Waals surface area contributed by atoms with E-state index in [1.807, 2.05) is 53.1 Å². The number of nitrogens with zero attached hydrogens (tertiary/aromatic N) is 7. The van der Waals surface area contributed by atoms with Crippen molar-refractivity contribution in [3.05, 3.63) is 95.4 Å². The molecule has 0 aliphatic rings. The van der Waals surface area contributed by atoms with Crippen molar-refractivity contribution >= 4 is 33.2 Å². The fraction of sp³-hybridized carbons (Fsp3) is 0. The van der Waals surface area contributed by atoms with Crippen molar-refractivity contribution in [1.82, 2.24) is 19.5 Å². The lowest BCUT2D eigenvalue weighted by atomic mass is 10.1. The normalized spacial score (nSPS) is 10.5.